The average Bonchev–Trinajstić information content (AvgIpc) is 2.92. The van der Waals surface area contributed by atoms with Gasteiger partial charge in [-0.1, -0.05) is 29.8 Å². The summed E-state index contributed by atoms with van der Waals surface area (Å²) in [5.41, 5.74) is 3.11. The van der Waals surface area contributed by atoms with Gasteiger partial charge in [0.05, 0.1) is 17.9 Å². The molecule has 0 spiro atoms. The van der Waals surface area contributed by atoms with E-state index in [1.807, 2.05) is 18.2 Å². The molecule has 2 aromatic carbocycles. The van der Waals surface area contributed by atoms with Crippen molar-refractivity contribution in [2.45, 2.75) is 69.5 Å². The monoisotopic (exact) mass is 588 g/mol. The molecule has 0 saturated heterocycles. The molecular formula is C30H37ClN2O6S. The summed E-state index contributed by atoms with van der Waals surface area (Å²) in [6, 6.07) is 10.8. The molecule has 40 heavy (non-hydrogen) atoms. The maximum Gasteiger partial charge on any atom is 0.264 e. The van der Waals surface area contributed by atoms with Gasteiger partial charge in [0.2, 0.25) is 10.0 Å². The van der Waals surface area contributed by atoms with Gasteiger partial charge < -0.3 is 19.8 Å². The Kier molecular flexibility index (Phi) is 8.75. The number of sulfonamides is 1. The Labute approximate surface area is 241 Å². The zero-order valence-corrected chi connectivity index (χ0v) is 24.2. The molecule has 2 aliphatic heterocycles. The predicted octanol–water partition coefficient (Wildman–Crippen LogP) is 4.22. The summed E-state index contributed by atoms with van der Waals surface area (Å²) < 4.78 is 34.3. The average molecular weight is 589 g/mol. The summed E-state index contributed by atoms with van der Waals surface area (Å²) in [5, 5.41) is 20.9. The van der Waals surface area contributed by atoms with Crippen LogP contribution in [0.15, 0.2) is 48.6 Å². The number of nitrogens with zero attached hydrogens (tertiary/aromatic N) is 1. The first kappa shape index (κ1) is 28.9. The summed E-state index contributed by atoms with van der Waals surface area (Å²) in [5.74, 6) is 0.144. The second-order valence-electron chi connectivity index (χ2n) is 11.2. The number of rotatable bonds is 0. The molecule has 3 aliphatic rings. The molecular weight excluding hydrogens is 552 g/mol. The highest BCUT2D eigenvalue weighted by atomic mass is 35.5. The van der Waals surface area contributed by atoms with Crippen molar-refractivity contribution in [2.75, 3.05) is 18.0 Å². The first-order valence-corrected chi connectivity index (χ1v) is 15.9. The minimum absolute atomic E-state index is 0.0562. The van der Waals surface area contributed by atoms with Gasteiger partial charge in [-0.2, -0.15) is 0 Å². The van der Waals surface area contributed by atoms with Crippen molar-refractivity contribution >= 4 is 33.2 Å². The molecule has 216 valence electrons. The van der Waals surface area contributed by atoms with Gasteiger partial charge in [0.25, 0.3) is 5.91 Å². The number of nitrogens with one attached hydrogen (secondary N) is 1. The second kappa shape index (κ2) is 12.1. The van der Waals surface area contributed by atoms with Crippen molar-refractivity contribution in [3.05, 3.63) is 70.3 Å². The molecule has 2 bridgehead atoms. The van der Waals surface area contributed by atoms with Crippen molar-refractivity contribution in [1.29, 1.82) is 0 Å². The van der Waals surface area contributed by atoms with Gasteiger partial charge in [-0.25, -0.2) is 13.1 Å². The molecule has 5 atom stereocenters. The van der Waals surface area contributed by atoms with Crippen LogP contribution in [-0.4, -0.2) is 55.1 Å². The third-order valence-corrected chi connectivity index (χ3v) is 10.6. The number of aryl methyl sites for hydroxylation is 1. The largest absolute Gasteiger partial charge is 0.487 e. The molecule has 8 nitrogen and oxygen atoms in total. The normalized spacial score (nSPS) is 29.9. The van der Waals surface area contributed by atoms with E-state index in [1.54, 1.807) is 30.4 Å². The molecule has 0 aromatic heterocycles. The maximum absolute atomic E-state index is 13.2. The summed E-state index contributed by atoms with van der Waals surface area (Å²) in [4.78, 5) is 15.4. The fourth-order valence-electron chi connectivity index (χ4n) is 5.81. The van der Waals surface area contributed by atoms with Crippen LogP contribution in [0.3, 0.4) is 0 Å². The fourth-order valence-corrected chi connectivity index (χ4v) is 7.09. The van der Waals surface area contributed by atoms with E-state index in [0.29, 0.717) is 30.5 Å². The van der Waals surface area contributed by atoms with E-state index >= 15 is 0 Å². The lowest BCUT2D eigenvalue weighted by Gasteiger charge is -2.42. The fraction of sp³-hybridized carbons (Fsp3) is 0.500. The summed E-state index contributed by atoms with van der Waals surface area (Å²) in [6.07, 6.45) is 6.01. The molecule has 5 rings (SSSR count). The Morgan fingerprint density at radius 3 is 2.67 bits per heavy atom. The number of hydrogen-bond donors (Lipinski definition) is 3. The number of aliphatic hydroxyl groups is 2. The van der Waals surface area contributed by atoms with E-state index < -0.39 is 33.4 Å². The van der Waals surface area contributed by atoms with Crippen LogP contribution in [0.25, 0.3) is 0 Å². The predicted molar refractivity (Wildman–Crippen MR) is 155 cm³/mol. The standard InChI is InChI=1S/C30H37ClN2O6S/c1-19-27(34)6-4-7-28(35)25-12-9-22(25)17-33-14-3-2-5-20-15-24(31)11-8-23(20)18-39-29-13-10-21(16-26(29)33)30(36)32-40(19,37)38/h4,7-8,10-11,13,15-16,19,22,25,27-28,34-35H,2-3,5-6,9,12,14,17-18H2,1H3,(H,32,36)/b7-4+/t19-,22+,25-,27-,28+/m1/s1. The number of fused-ring (bicyclic) bond motifs is 3. The van der Waals surface area contributed by atoms with E-state index in [1.165, 1.54) is 6.92 Å². The molecule has 0 unspecified atom stereocenters. The quantitative estimate of drug-likeness (QED) is 0.395. The van der Waals surface area contributed by atoms with Crippen LogP contribution in [0.5, 0.6) is 5.75 Å². The number of amides is 1. The van der Waals surface area contributed by atoms with E-state index in [4.69, 9.17) is 16.3 Å². The van der Waals surface area contributed by atoms with Crippen LogP contribution in [0.1, 0.15) is 60.5 Å². The maximum atomic E-state index is 13.2. The van der Waals surface area contributed by atoms with Crippen molar-refractivity contribution < 1.29 is 28.2 Å². The third-order valence-electron chi connectivity index (χ3n) is 8.58. The Morgan fingerprint density at radius 2 is 1.90 bits per heavy atom. The number of anilines is 1. The number of benzene rings is 2. The number of aliphatic hydroxyl groups excluding tert-OH is 2. The van der Waals surface area contributed by atoms with Crippen LogP contribution >= 0.6 is 11.6 Å². The molecule has 2 aromatic rings. The van der Waals surface area contributed by atoms with Gasteiger partial charge in [0, 0.05) is 23.7 Å². The smallest absolute Gasteiger partial charge is 0.264 e. The number of halogens is 1. The summed E-state index contributed by atoms with van der Waals surface area (Å²) in [7, 11) is -4.16. The van der Waals surface area contributed by atoms with Crippen LogP contribution < -0.4 is 14.4 Å². The number of hydrogen-bond acceptors (Lipinski definition) is 7. The Morgan fingerprint density at radius 1 is 1.07 bits per heavy atom. The van der Waals surface area contributed by atoms with Crippen LogP contribution in [0.2, 0.25) is 5.02 Å². The van der Waals surface area contributed by atoms with Crippen LogP contribution in [0, 0.1) is 11.8 Å². The molecule has 0 radical (unpaired) electrons. The minimum atomic E-state index is -4.16. The van der Waals surface area contributed by atoms with Gasteiger partial charge in [-0.05, 0) is 98.7 Å². The zero-order valence-electron chi connectivity index (χ0n) is 22.6. The molecule has 1 fully saturated rings. The van der Waals surface area contributed by atoms with Gasteiger partial charge in [-0.15, -0.1) is 0 Å². The Balaban J connectivity index is 1.54. The van der Waals surface area contributed by atoms with E-state index in [0.717, 1.165) is 48.9 Å². The number of ether oxygens (including phenoxy) is 1. The second-order valence-corrected chi connectivity index (χ2v) is 13.7. The van der Waals surface area contributed by atoms with Crippen molar-refractivity contribution in [3.63, 3.8) is 0 Å². The summed E-state index contributed by atoms with van der Waals surface area (Å²) >= 11 is 6.28. The van der Waals surface area contributed by atoms with Gasteiger partial charge >= 0.3 is 0 Å². The number of carbonyl (C=O) groups is 1. The SMILES string of the molecule is C[C@@H]1[C@H](O)C/C=C/[C@H](O)[C@@H]2CC[C@H]2CN2CCCCc3cc(Cl)ccc3COc3ccc(cc32)C(=O)NS1(=O)=O. The Bertz CT molecular complexity index is 1380. The zero-order chi connectivity index (χ0) is 28.4. The van der Waals surface area contributed by atoms with Crippen LogP contribution in [-0.2, 0) is 23.1 Å². The number of carbonyl (C=O) groups excluding carboxylic acids is 1. The Hall–Kier alpha value is -2.59. The molecule has 1 aliphatic carbocycles. The van der Waals surface area contributed by atoms with Crippen molar-refractivity contribution in [2.24, 2.45) is 11.8 Å². The van der Waals surface area contributed by atoms with Gasteiger partial charge in [-0.3, -0.25) is 4.79 Å². The van der Waals surface area contributed by atoms with Gasteiger partial charge in [0.1, 0.15) is 17.6 Å². The lowest BCUT2D eigenvalue weighted by atomic mass is 9.70. The minimum Gasteiger partial charge on any atom is -0.487 e. The molecule has 10 heteroatoms. The molecule has 1 amide bonds. The molecule has 1 saturated carbocycles. The summed E-state index contributed by atoms with van der Waals surface area (Å²) in [6.45, 7) is 3.09. The molecule has 2 heterocycles. The van der Waals surface area contributed by atoms with Crippen molar-refractivity contribution in [1.82, 2.24) is 4.72 Å². The molecule has 3 N–H and O–H groups in total. The first-order chi connectivity index (χ1) is 19.1. The topological polar surface area (TPSA) is 116 Å². The van der Waals surface area contributed by atoms with Crippen molar-refractivity contribution in [3.8, 4) is 5.75 Å². The highest BCUT2D eigenvalue weighted by Gasteiger charge is 2.37. The lowest BCUT2D eigenvalue weighted by molar-refractivity contribution is 0.0459. The third kappa shape index (κ3) is 6.33. The highest BCUT2D eigenvalue weighted by Crippen LogP contribution is 2.41. The first-order valence-electron chi connectivity index (χ1n) is 14.0. The van der Waals surface area contributed by atoms with Gasteiger partial charge in [0.15, 0.2) is 0 Å². The lowest BCUT2D eigenvalue weighted by Crippen LogP contribution is -2.44. The van der Waals surface area contributed by atoms with Crippen LogP contribution in [0.4, 0.5) is 5.69 Å². The highest BCUT2D eigenvalue weighted by molar-refractivity contribution is 7.90. The van der Waals surface area contributed by atoms with E-state index in [9.17, 15) is 23.4 Å². The van der Waals surface area contributed by atoms with E-state index in [-0.39, 0.29) is 23.8 Å². The van der Waals surface area contributed by atoms with E-state index in [2.05, 4.69) is 9.62 Å².